The van der Waals surface area contributed by atoms with Gasteiger partial charge in [-0.3, -0.25) is 9.11 Å². The predicted molar refractivity (Wildman–Crippen MR) is 141 cm³/mol. The SMILES string of the molecule is CC(C)OC(=O)c1ccccc1OC(F)(F)F.O=C(OC1CCO1)c1ccccc1OC(F)(F)F.O=S(=O)(O)Cl.O=S(=O)(O)Cl. The molecule has 1 aliphatic heterocycles. The molecule has 256 valence electrons. The maximum atomic E-state index is 12.1. The summed E-state index contributed by atoms with van der Waals surface area (Å²) in [7, 11) is -0.273. The number of esters is 2. The van der Waals surface area contributed by atoms with Crippen LogP contribution >= 0.6 is 21.4 Å². The van der Waals surface area contributed by atoms with Gasteiger partial charge in [0.25, 0.3) is 0 Å². The Morgan fingerprint density at radius 3 is 1.42 bits per heavy atom. The van der Waals surface area contributed by atoms with Crippen molar-refractivity contribution in [2.24, 2.45) is 0 Å². The monoisotopic (exact) mass is 742 g/mol. The maximum Gasteiger partial charge on any atom is 0.573 e. The van der Waals surface area contributed by atoms with Crippen LogP contribution in [0.4, 0.5) is 26.3 Å². The molecule has 13 nitrogen and oxygen atoms in total. The Labute approximate surface area is 260 Å². The third kappa shape index (κ3) is 23.9. The van der Waals surface area contributed by atoms with Gasteiger partial charge in [-0.15, -0.1) is 26.3 Å². The maximum absolute atomic E-state index is 12.1. The second-order valence-corrected chi connectivity index (χ2v) is 11.8. The highest BCUT2D eigenvalue weighted by Gasteiger charge is 2.34. The number of hydrogen-bond acceptors (Lipinski definition) is 11. The first-order chi connectivity index (χ1) is 20.2. The van der Waals surface area contributed by atoms with Crippen LogP contribution in [0.5, 0.6) is 11.5 Å². The number of ether oxygens (including phenoxy) is 5. The summed E-state index contributed by atoms with van der Waals surface area (Å²) in [5.41, 5.74) is -0.538. The third-order valence-corrected chi connectivity index (χ3v) is 3.90. The second-order valence-electron chi connectivity index (χ2n) is 7.86. The molecule has 1 aliphatic rings. The van der Waals surface area contributed by atoms with E-state index in [0.717, 1.165) is 12.1 Å². The lowest BCUT2D eigenvalue weighted by molar-refractivity contribution is -0.275. The highest BCUT2D eigenvalue weighted by Crippen LogP contribution is 2.28. The molecule has 2 N–H and O–H groups in total. The summed E-state index contributed by atoms with van der Waals surface area (Å²) in [6, 6.07) is 10.0. The van der Waals surface area contributed by atoms with Crippen LogP contribution in [0.1, 0.15) is 41.0 Å². The number of halogens is 8. The molecule has 0 bridgehead atoms. The summed E-state index contributed by atoms with van der Waals surface area (Å²) >= 11 is 0. The molecule has 1 fully saturated rings. The fraction of sp³-hybridized carbons (Fsp3) is 0.364. The van der Waals surface area contributed by atoms with Gasteiger partial charge in [-0.2, -0.15) is 16.8 Å². The Bertz CT molecular complexity index is 1420. The molecule has 1 unspecified atom stereocenters. The van der Waals surface area contributed by atoms with Gasteiger partial charge in [-0.25, -0.2) is 9.59 Å². The standard InChI is InChI=1S/C11H9F3O4.C11H11F3O3.2ClHO3S/c12-11(13,14)18-8-4-2-1-3-7(8)10(15)17-9-5-6-16-9;1-7(2)16-10(15)8-5-3-4-6-9(8)17-11(12,13)14;2*1-5(2,3)4/h1-4,9H,5-6H2;3-7H,1-2H3;2*(H,2,3,4). The van der Waals surface area contributed by atoms with E-state index in [1.807, 2.05) is 0 Å². The van der Waals surface area contributed by atoms with Crippen LogP contribution in [0, 0.1) is 0 Å². The van der Waals surface area contributed by atoms with Crippen LogP contribution in [-0.2, 0) is 32.9 Å². The molecule has 0 amide bonds. The van der Waals surface area contributed by atoms with Gasteiger partial charge in [-0.1, -0.05) is 24.3 Å². The normalized spacial score (nSPS) is 14.5. The molecule has 2 aromatic carbocycles. The average Bonchev–Trinajstić information content (AvgIpc) is 2.78. The largest absolute Gasteiger partial charge is 0.573 e. The minimum Gasteiger partial charge on any atom is -0.459 e. The average molecular weight is 743 g/mol. The zero-order chi connectivity index (χ0) is 35.2. The van der Waals surface area contributed by atoms with E-state index in [4.69, 9.17) is 40.2 Å². The van der Waals surface area contributed by atoms with Crippen LogP contribution in [0.3, 0.4) is 0 Å². The molecule has 3 rings (SSSR count). The van der Waals surface area contributed by atoms with Crippen molar-refractivity contribution in [1.29, 1.82) is 0 Å². The van der Waals surface area contributed by atoms with Crippen LogP contribution in [0.25, 0.3) is 0 Å². The lowest BCUT2D eigenvalue weighted by Gasteiger charge is -2.26. The molecule has 45 heavy (non-hydrogen) atoms. The van der Waals surface area contributed by atoms with Crippen LogP contribution in [-0.4, -0.2) is 69.6 Å². The van der Waals surface area contributed by atoms with E-state index in [-0.39, 0.29) is 11.1 Å². The highest BCUT2D eigenvalue weighted by atomic mass is 35.7. The van der Waals surface area contributed by atoms with Gasteiger partial charge in [-0.05, 0) is 38.1 Å². The molecule has 1 saturated heterocycles. The molecule has 23 heteroatoms. The number of carbonyl (C=O) groups excluding carboxylic acids is 2. The van der Waals surface area contributed by atoms with Gasteiger partial charge in [0.2, 0.25) is 6.29 Å². The molecule has 1 atom stereocenters. The van der Waals surface area contributed by atoms with Gasteiger partial charge < -0.3 is 23.7 Å². The lowest BCUT2D eigenvalue weighted by atomic mass is 10.2. The highest BCUT2D eigenvalue weighted by molar-refractivity contribution is 8.09. The van der Waals surface area contributed by atoms with E-state index in [9.17, 15) is 35.9 Å². The molecule has 0 saturated carbocycles. The topological polar surface area (TPSA) is 189 Å². The summed E-state index contributed by atoms with van der Waals surface area (Å²) in [5, 5.41) is 0. The molecule has 1 heterocycles. The van der Waals surface area contributed by atoms with E-state index in [2.05, 4.69) is 30.8 Å². The summed E-state index contributed by atoms with van der Waals surface area (Å²) in [6.45, 7) is 3.68. The van der Waals surface area contributed by atoms with Gasteiger partial charge in [0.05, 0.1) is 12.7 Å². The van der Waals surface area contributed by atoms with Crippen LogP contribution < -0.4 is 9.47 Å². The van der Waals surface area contributed by atoms with Crippen molar-refractivity contribution in [3.8, 4) is 11.5 Å². The zero-order valence-electron chi connectivity index (χ0n) is 22.4. The Morgan fingerprint density at radius 2 is 1.13 bits per heavy atom. The third-order valence-electron chi connectivity index (χ3n) is 3.90. The minimum atomic E-state index is -4.86. The Kier molecular flexibility index (Phi) is 16.9. The number of hydrogen-bond donors (Lipinski definition) is 2. The van der Waals surface area contributed by atoms with Gasteiger partial charge in [0.1, 0.15) is 22.6 Å². The van der Waals surface area contributed by atoms with Gasteiger partial charge >= 0.3 is 43.3 Å². The number of carbonyl (C=O) groups is 2. The Hall–Kier alpha value is -3.08. The smallest absolute Gasteiger partial charge is 0.459 e. The van der Waals surface area contributed by atoms with Crippen molar-refractivity contribution in [2.45, 2.75) is 45.4 Å². The molecular weight excluding hydrogens is 721 g/mol. The molecule has 0 aromatic heterocycles. The summed E-state index contributed by atoms with van der Waals surface area (Å²) in [5.74, 6) is -2.90. The van der Waals surface area contributed by atoms with Crippen molar-refractivity contribution in [1.82, 2.24) is 0 Å². The lowest BCUT2D eigenvalue weighted by Crippen LogP contribution is -2.32. The Balaban J connectivity index is 0.000000665. The van der Waals surface area contributed by atoms with Crippen molar-refractivity contribution in [3.63, 3.8) is 0 Å². The molecule has 0 radical (unpaired) electrons. The Morgan fingerprint density at radius 1 is 0.800 bits per heavy atom. The zero-order valence-corrected chi connectivity index (χ0v) is 25.6. The summed E-state index contributed by atoms with van der Waals surface area (Å²) < 4.78 is 145. The number of alkyl halides is 6. The van der Waals surface area contributed by atoms with Gasteiger partial charge in [0, 0.05) is 27.8 Å². The van der Waals surface area contributed by atoms with Crippen LogP contribution in [0.2, 0.25) is 0 Å². The number of para-hydroxylation sites is 2. The predicted octanol–water partition coefficient (Wildman–Crippen LogP) is 5.69. The van der Waals surface area contributed by atoms with Crippen molar-refractivity contribution >= 4 is 52.0 Å². The van der Waals surface area contributed by atoms with Gasteiger partial charge in [0.15, 0.2) is 0 Å². The van der Waals surface area contributed by atoms with E-state index < -0.39 is 67.2 Å². The van der Waals surface area contributed by atoms with E-state index >= 15 is 0 Å². The first-order valence-corrected chi connectivity index (χ1v) is 15.9. The first-order valence-electron chi connectivity index (χ1n) is 11.3. The van der Waals surface area contributed by atoms with Crippen molar-refractivity contribution < 1.29 is 85.6 Å². The fourth-order valence-electron chi connectivity index (χ4n) is 2.47. The second kappa shape index (κ2) is 18.2. The van der Waals surface area contributed by atoms with Crippen molar-refractivity contribution in [2.75, 3.05) is 6.61 Å². The fourth-order valence-corrected chi connectivity index (χ4v) is 2.47. The number of benzene rings is 2. The van der Waals surface area contributed by atoms with E-state index in [1.165, 1.54) is 36.4 Å². The quantitative estimate of drug-likeness (QED) is 0.159. The molecule has 0 aliphatic carbocycles. The van der Waals surface area contributed by atoms with Crippen molar-refractivity contribution in [3.05, 3.63) is 59.7 Å². The molecule has 0 spiro atoms. The van der Waals surface area contributed by atoms with Crippen LogP contribution in [0.15, 0.2) is 48.5 Å². The molecular formula is C22H22Cl2F6O13S2. The number of rotatable bonds is 6. The first kappa shape index (κ1) is 41.9. The summed E-state index contributed by atoms with van der Waals surface area (Å²) in [4.78, 5) is 23.1. The molecule has 2 aromatic rings. The van der Waals surface area contributed by atoms with E-state index in [1.54, 1.807) is 13.8 Å². The van der Waals surface area contributed by atoms with E-state index in [0.29, 0.717) is 13.0 Å². The summed E-state index contributed by atoms with van der Waals surface area (Å²) in [6.07, 6.45) is -10.3. The minimum absolute atomic E-state index is 0.251.